The molecule has 2 amide bonds. The predicted molar refractivity (Wildman–Crippen MR) is 59.4 cm³/mol. The van der Waals surface area contributed by atoms with E-state index in [-0.39, 0.29) is 30.3 Å². The summed E-state index contributed by atoms with van der Waals surface area (Å²) in [4.78, 5) is 22.6. The molecule has 0 aromatic carbocycles. The molecule has 0 heterocycles. The number of amides is 2. The maximum atomic E-state index is 11.4. The summed E-state index contributed by atoms with van der Waals surface area (Å²) in [6.07, 6.45) is 0. The van der Waals surface area contributed by atoms with E-state index in [1.54, 1.807) is 7.05 Å². The fourth-order valence-corrected chi connectivity index (χ4v) is 1.11. The second-order valence-corrected chi connectivity index (χ2v) is 3.90. The molecular formula is C10H21N3O2. The molecule has 1 unspecified atom stereocenters. The molecule has 0 radical (unpaired) electrons. The summed E-state index contributed by atoms with van der Waals surface area (Å²) in [6.45, 7) is 6.22. The van der Waals surface area contributed by atoms with E-state index in [1.807, 2.05) is 20.8 Å². The van der Waals surface area contributed by atoms with Crippen molar-refractivity contribution in [3.05, 3.63) is 0 Å². The zero-order valence-corrected chi connectivity index (χ0v) is 9.89. The van der Waals surface area contributed by atoms with Crippen molar-refractivity contribution in [3.8, 4) is 0 Å². The Bertz CT molecular complexity index is 217. The van der Waals surface area contributed by atoms with Gasteiger partial charge in [-0.25, -0.2) is 0 Å². The van der Waals surface area contributed by atoms with Crippen LogP contribution in [0.25, 0.3) is 0 Å². The minimum atomic E-state index is -0.157. The zero-order valence-electron chi connectivity index (χ0n) is 9.89. The molecule has 0 aliphatic rings. The van der Waals surface area contributed by atoms with Crippen LogP contribution in [0.2, 0.25) is 0 Å². The average Bonchev–Trinajstić information content (AvgIpc) is 2.13. The van der Waals surface area contributed by atoms with E-state index in [0.29, 0.717) is 6.54 Å². The SMILES string of the molecule is CNCC(C)C(=O)NCC(=O)NC(C)C. The minimum Gasteiger partial charge on any atom is -0.352 e. The van der Waals surface area contributed by atoms with Crippen LogP contribution >= 0.6 is 0 Å². The first kappa shape index (κ1) is 13.9. The van der Waals surface area contributed by atoms with Gasteiger partial charge in [0.05, 0.1) is 6.54 Å². The van der Waals surface area contributed by atoms with Crippen LogP contribution in [-0.2, 0) is 9.59 Å². The lowest BCUT2D eigenvalue weighted by atomic mass is 10.1. The van der Waals surface area contributed by atoms with E-state index in [9.17, 15) is 9.59 Å². The summed E-state index contributed by atoms with van der Waals surface area (Å²) >= 11 is 0. The average molecular weight is 215 g/mol. The molecule has 0 spiro atoms. The van der Waals surface area contributed by atoms with Gasteiger partial charge < -0.3 is 16.0 Å². The summed E-state index contributed by atoms with van der Waals surface area (Å²) < 4.78 is 0. The van der Waals surface area contributed by atoms with Gasteiger partial charge in [0.25, 0.3) is 0 Å². The summed E-state index contributed by atoms with van der Waals surface area (Å²) in [5.74, 6) is -0.389. The molecule has 5 nitrogen and oxygen atoms in total. The highest BCUT2D eigenvalue weighted by Gasteiger charge is 2.12. The second kappa shape index (κ2) is 7.23. The maximum absolute atomic E-state index is 11.4. The van der Waals surface area contributed by atoms with Crippen molar-refractivity contribution in [1.29, 1.82) is 0 Å². The van der Waals surface area contributed by atoms with Gasteiger partial charge in [0.15, 0.2) is 0 Å². The smallest absolute Gasteiger partial charge is 0.239 e. The molecular weight excluding hydrogens is 194 g/mol. The lowest BCUT2D eigenvalue weighted by molar-refractivity contribution is -0.128. The van der Waals surface area contributed by atoms with Gasteiger partial charge in [-0.2, -0.15) is 0 Å². The van der Waals surface area contributed by atoms with Gasteiger partial charge in [-0.3, -0.25) is 9.59 Å². The largest absolute Gasteiger partial charge is 0.352 e. The third-order valence-corrected chi connectivity index (χ3v) is 1.83. The number of hydrogen-bond acceptors (Lipinski definition) is 3. The van der Waals surface area contributed by atoms with Gasteiger partial charge >= 0.3 is 0 Å². The molecule has 0 aromatic heterocycles. The van der Waals surface area contributed by atoms with Gasteiger partial charge in [0, 0.05) is 18.5 Å². The molecule has 15 heavy (non-hydrogen) atoms. The van der Waals surface area contributed by atoms with Crippen LogP contribution in [0, 0.1) is 5.92 Å². The van der Waals surface area contributed by atoms with Gasteiger partial charge in [0.2, 0.25) is 11.8 Å². The van der Waals surface area contributed by atoms with Crippen molar-refractivity contribution in [2.45, 2.75) is 26.8 Å². The van der Waals surface area contributed by atoms with E-state index in [0.717, 1.165) is 0 Å². The highest BCUT2D eigenvalue weighted by molar-refractivity contribution is 5.85. The van der Waals surface area contributed by atoms with Crippen LogP contribution in [0.4, 0.5) is 0 Å². The molecule has 0 aliphatic carbocycles. The predicted octanol–water partition coefficient (Wildman–Crippen LogP) is -0.517. The number of nitrogens with one attached hydrogen (secondary N) is 3. The molecule has 5 heteroatoms. The molecule has 0 saturated heterocycles. The van der Waals surface area contributed by atoms with Crippen LogP contribution < -0.4 is 16.0 Å². The van der Waals surface area contributed by atoms with Crippen LogP contribution in [-0.4, -0.2) is 38.0 Å². The van der Waals surface area contributed by atoms with Crippen LogP contribution in [0.15, 0.2) is 0 Å². The summed E-state index contributed by atoms with van der Waals surface area (Å²) in [7, 11) is 1.79. The Labute approximate surface area is 91.0 Å². The van der Waals surface area contributed by atoms with E-state index in [1.165, 1.54) is 0 Å². The van der Waals surface area contributed by atoms with Crippen molar-refractivity contribution >= 4 is 11.8 Å². The van der Waals surface area contributed by atoms with Crippen molar-refractivity contribution in [2.75, 3.05) is 20.1 Å². The van der Waals surface area contributed by atoms with Crippen molar-refractivity contribution < 1.29 is 9.59 Å². The number of rotatable bonds is 6. The molecule has 0 saturated carbocycles. The molecule has 0 fully saturated rings. The van der Waals surface area contributed by atoms with Crippen molar-refractivity contribution in [3.63, 3.8) is 0 Å². The number of carbonyl (C=O) groups excluding carboxylic acids is 2. The monoisotopic (exact) mass is 215 g/mol. The van der Waals surface area contributed by atoms with Gasteiger partial charge in [0.1, 0.15) is 0 Å². The third kappa shape index (κ3) is 6.90. The normalized spacial score (nSPS) is 12.3. The zero-order chi connectivity index (χ0) is 11.8. The highest BCUT2D eigenvalue weighted by Crippen LogP contribution is 1.91. The Kier molecular flexibility index (Phi) is 6.70. The van der Waals surface area contributed by atoms with Crippen LogP contribution in [0.5, 0.6) is 0 Å². The minimum absolute atomic E-state index is 0.0467. The molecule has 0 aliphatic heterocycles. The Morgan fingerprint density at radius 1 is 1.20 bits per heavy atom. The fraction of sp³-hybridized carbons (Fsp3) is 0.800. The van der Waals surface area contributed by atoms with Crippen LogP contribution in [0.1, 0.15) is 20.8 Å². The van der Waals surface area contributed by atoms with Crippen LogP contribution in [0.3, 0.4) is 0 Å². The first-order valence-electron chi connectivity index (χ1n) is 5.19. The topological polar surface area (TPSA) is 70.2 Å². The molecule has 0 bridgehead atoms. The molecule has 0 aromatic rings. The highest BCUT2D eigenvalue weighted by atomic mass is 16.2. The standard InChI is InChI=1S/C10H21N3O2/c1-7(2)13-9(14)6-12-10(15)8(3)5-11-4/h7-8,11H,5-6H2,1-4H3,(H,12,15)(H,13,14). The Morgan fingerprint density at radius 2 is 1.80 bits per heavy atom. The number of hydrogen-bond donors (Lipinski definition) is 3. The maximum Gasteiger partial charge on any atom is 0.239 e. The second-order valence-electron chi connectivity index (χ2n) is 3.90. The quantitative estimate of drug-likeness (QED) is 0.558. The third-order valence-electron chi connectivity index (χ3n) is 1.83. The van der Waals surface area contributed by atoms with Crippen molar-refractivity contribution in [2.24, 2.45) is 5.92 Å². The molecule has 1 atom stereocenters. The molecule has 3 N–H and O–H groups in total. The summed E-state index contributed by atoms with van der Waals surface area (Å²) in [5.41, 5.74) is 0. The fourth-order valence-electron chi connectivity index (χ4n) is 1.11. The Hall–Kier alpha value is -1.10. The van der Waals surface area contributed by atoms with E-state index >= 15 is 0 Å². The first-order chi connectivity index (χ1) is 6.97. The Morgan fingerprint density at radius 3 is 2.27 bits per heavy atom. The summed E-state index contributed by atoms with van der Waals surface area (Å²) in [5, 5.41) is 8.19. The van der Waals surface area contributed by atoms with Gasteiger partial charge in [-0.1, -0.05) is 6.92 Å². The van der Waals surface area contributed by atoms with E-state index in [2.05, 4.69) is 16.0 Å². The number of carbonyl (C=O) groups is 2. The van der Waals surface area contributed by atoms with Crippen molar-refractivity contribution in [1.82, 2.24) is 16.0 Å². The van der Waals surface area contributed by atoms with Gasteiger partial charge in [-0.15, -0.1) is 0 Å². The summed E-state index contributed by atoms with van der Waals surface area (Å²) in [6, 6.07) is 0.101. The van der Waals surface area contributed by atoms with E-state index < -0.39 is 0 Å². The first-order valence-corrected chi connectivity index (χ1v) is 5.19. The van der Waals surface area contributed by atoms with E-state index in [4.69, 9.17) is 0 Å². The lowest BCUT2D eigenvalue weighted by Crippen LogP contribution is -2.42. The van der Waals surface area contributed by atoms with Gasteiger partial charge in [-0.05, 0) is 20.9 Å². The molecule has 88 valence electrons. The molecule has 0 rings (SSSR count). The Balaban J connectivity index is 3.75. The lowest BCUT2D eigenvalue weighted by Gasteiger charge is -2.12.